The Labute approximate surface area is 223 Å². The predicted molar refractivity (Wildman–Crippen MR) is 151 cm³/mol. The number of nitrogens with zero attached hydrogens (tertiary/aromatic N) is 3. The van der Waals surface area contributed by atoms with Crippen molar-refractivity contribution in [3.05, 3.63) is 77.2 Å². The van der Waals surface area contributed by atoms with E-state index in [0.717, 1.165) is 27.3 Å². The number of aryl methyl sites for hydroxylation is 1. The fourth-order valence-corrected chi connectivity index (χ4v) is 5.48. The maximum absolute atomic E-state index is 12.7. The van der Waals surface area contributed by atoms with Crippen LogP contribution in [-0.4, -0.2) is 36.7 Å². The Morgan fingerprint density at radius 1 is 1.11 bits per heavy atom. The molecule has 0 spiro atoms. The Morgan fingerprint density at radius 3 is 2.46 bits per heavy atom. The third-order valence-electron chi connectivity index (χ3n) is 6.40. The monoisotopic (exact) mass is 540 g/mol. The van der Waals surface area contributed by atoms with Crippen LogP contribution in [0.1, 0.15) is 39.1 Å². The molecule has 0 saturated heterocycles. The van der Waals surface area contributed by atoms with E-state index in [1.165, 1.54) is 0 Å². The molecule has 0 aliphatic carbocycles. The van der Waals surface area contributed by atoms with Crippen LogP contribution in [0, 0.1) is 0 Å². The number of nitrogens with one attached hydrogen (secondary N) is 1. The first-order valence-electron chi connectivity index (χ1n) is 12.3. The van der Waals surface area contributed by atoms with Crippen molar-refractivity contribution in [3.63, 3.8) is 0 Å². The third-order valence-corrected chi connectivity index (χ3v) is 9.22. The summed E-state index contributed by atoms with van der Waals surface area (Å²) in [7, 11) is -2.32. The maximum atomic E-state index is 12.7. The van der Waals surface area contributed by atoms with Crippen LogP contribution in [0.2, 0.25) is 5.02 Å². The summed E-state index contributed by atoms with van der Waals surface area (Å²) < 4.78 is 20.8. The molecule has 0 saturated carbocycles. The van der Waals surface area contributed by atoms with Gasteiger partial charge in [-0.25, -0.2) is 9.97 Å². The van der Waals surface area contributed by atoms with Gasteiger partial charge in [0.1, 0.15) is 0 Å². The van der Waals surface area contributed by atoms with E-state index in [-0.39, 0.29) is 12.3 Å². The normalized spacial score (nSPS) is 12.5. The highest BCUT2D eigenvalue weighted by atomic mass is 35.5. The maximum Gasteiger partial charge on any atom is 0.228 e. The highest BCUT2D eigenvalue weighted by Gasteiger charge is 2.30. The number of ether oxygens (including phenoxy) is 1. The lowest BCUT2D eigenvalue weighted by molar-refractivity contribution is -0.115. The molecule has 1 amide bonds. The van der Waals surface area contributed by atoms with Crippen LogP contribution < -0.4 is 10.1 Å². The average molecular weight is 541 g/mol. The molecule has 0 aliphatic heterocycles. The first kappa shape index (κ1) is 26.8. The van der Waals surface area contributed by atoms with Gasteiger partial charge in [0, 0.05) is 35.1 Å². The zero-order chi connectivity index (χ0) is 26.8. The second-order valence-corrected chi connectivity index (χ2v) is 13.4. The second-order valence-electron chi connectivity index (χ2n) is 9.62. The second kappa shape index (κ2) is 10.6. The number of amides is 1. The molecule has 0 radical (unpaired) electrons. The van der Waals surface area contributed by atoms with E-state index >= 15 is 0 Å². The van der Waals surface area contributed by atoms with Gasteiger partial charge in [0.15, 0.2) is 11.4 Å². The number of rotatable bonds is 9. The van der Waals surface area contributed by atoms with Gasteiger partial charge in [0.2, 0.25) is 11.8 Å². The van der Waals surface area contributed by atoms with Crippen LogP contribution in [0.4, 0.5) is 5.69 Å². The van der Waals surface area contributed by atoms with E-state index < -0.39 is 15.5 Å². The standard InChI is InChI=1S/C28H33ClN4O3S/c1-6-33-24-14-11-21(31-25(34)16-19-8-12-22(13-9-19)37(5,35)7-2)17-23(24)32-27(33)28(3,4)36-26-15-10-20(29)18-30-26/h8-15,17-18,37H,6-7,16H2,1-5H3,(H,31,34). The molecular formula is C28H33ClN4O3S. The molecule has 4 aromatic rings. The minimum Gasteiger partial charge on any atom is -0.463 e. The number of fused-ring (bicyclic) bond motifs is 1. The molecule has 196 valence electrons. The highest BCUT2D eigenvalue weighted by Crippen LogP contribution is 2.31. The van der Waals surface area contributed by atoms with E-state index in [1.54, 1.807) is 24.6 Å². The van der Waals surface area contributed by atoms with Crippen LogP contribution in [0.25, 0.3) is 11.0 Å². The molecule has 0 atom stereocenters. The molecule has 0 fully saturated rings. The quantitative estimate of drug-likeness (QED) is 0.269. The summed E-state index contributed by atoms with van der Waals surface area (Å²) in [4.78, 5) is 22.7. The SMILES string of the molecule is CCn1c(C(C)(C)Oc2ccc(Cl)cn2)nc2cc(NC(=O)Cc3ccc([SH](C)(=O)CC)cc3)ccc21. The van der Waals surface area contributed by atoms with E-state index in [4.69, 9.17) is 21.3 Å². The number of halogens is 1. The van der Waals surface area contributed by atoms with Gasteiger partial charge >= 0.3 is 0 Å². The number of imidazole rings is 1. The largest absolute Gasteiger partial charge is 0.463 e. The molecule has 0 unspecified atom stereocenters. The van der Waals surface area contributed by atoms with Crippen molar-refractivity contribution in [1.82, 2.24) is 14.5 Å². The number of carbonyl (C=O) groups is 1. The number of aromatic nitrogens is 3. The van der Waals surface area contributed by atoms with Crippen molar-refractivity contribution in [2.45, 2.75) is 51.2 Å². The fourth-order valence-electron chi connectivity index (χ4n) is 4.22. The Hall–Kier alpha value is -3.23. The topological polar surface area (TPSA) is 86.1 Å². The van der Waals surface area contributed by atoms with E-state index in [0.29, 0.717) is 28.9 Å². The summed E-state index contributed by atoms with van der Waals surface area (Å²) in [6.07, 6.45) is 3.56. The average Bonchev–Trinajstić information content (AvgIpc) is 3.24. The summed E-state index contributed by atoms with van der Waals surface area (Å²) in [5.74, 6) is 1.70. The molecule has 37 heavy (non-hydrogen) atoms. The zero-order valence-electron chi connectivity index (χ0n) is 21.8. The zero-order valence-corrected chi connectivity index (χ0v) is 23.4. The van der Waals surface area contributed by atoms with Crippen molar-refractivity contribution in [1.29, 1.82) is 0 Å². The number of benzene rings is 2. The lowest BCUT2D eigenvalue weighted by atomic mass is 10.1. The van der Waals surface area contributed by atoms with Crippen LogP contribution in [0.3, 0.4) is 0 Å². The summed E-state index contributed by atoms with van der Waals surface area (Å²) in [5.41, 5.74) is 2.49. The number of anilines is 1. The Kier molecular flexibility index (Phi) is 7.71. The van der Waals surface area contributed by atoms with Crippen molar-refractivity contribution >= 4 is 44.2 Å². The van der Waals surface area contributed by atoms with Crippen LogP contribution in [0.15, 0.2) is 65.7 Å². The number of thiol groups is 1. The van der Waals surface area contributed by atoms with E-state index in [1.807, 2.05) is 63.2 Å². The lowest BCUT2D eigenvalue weighted by Crippen LogP contribution is -2.30. The number of hydrogen-bond donors (Lipinski definition) is 2. The minimum atomic E-state index is -2.32. The number of hydrogen-bond acceptors (Lipinski definition) is 5. The van der Waals surface area contributed by atoms with Crippen LogP contribution in [0.5, 0.6) is 5.88 Å². The van der Waals surface area contributed by atoms with Crippen molar-refractivity contribution < 1.29 is 13.7 Å². The summed E-state index contributed by atoms with van der Waals surface area (Å²) in [6, 6.07) is 16.6. The Morgan fingerprint density at radius 2 is 1.84 bits per heavy atom. The van der Waals surface area contributed by atoms with Crippen molar-refractivity contribution in [2.75, 3.05) is 17.3 Å². The van der Waals surface area contributed by atoms with Gasteiger partial charge in [-0.3, -0.25) is 9.00 Å². The Balaban J connectivity index is 1.52. The molecule has 2 heterocycles. The summed E-state index contributed by atoms with van der Waals surface area (Å²) in [6.45, 7) is 8.58. The third kappa shape index (κ3) is 6.02. The molecule has 0 aliphatic rings. The molecule has 1 N–H and O–H groups in total. The van der Waals surface area contributed by atoms with Gasteiger partial charge in [-0.05, 0) is 69.0 Å². The first-order valence-corrected chi connectivity index (χ1v) is 15.0. The van der Waals surface area contributed by atoms with Gasteiger partial charge in [0.25, 0.3) is 0 Å². The van der Waals surface area contributed by atoms with Gasteiger partial charge in [-0.1, -0.05) is 40.6 Å². The number of pyridine rings is 1. The highest BCUT2D eigenvalue weighted by molar-refractivity contribution is 8.02. The molecule has 9 heteroatoms. The minimum absolute atomic E-state index is 0.130. The van der Waals surface area contributed by atoms with Crippen molar-refractivity contribution in [2.24, 2.45) is 0 Å². The van der Waals surface area contributed by atoms with Crippen LogP contribution >= 0.6 is 11.6 Å². The molecule has 2 aromatic heterocycles. The van der Waals surface area contributed by atoms with Crippen LogP contribution in [-0.2, 0) is 33.3 Å². The van der Waals surface area contributed by atoms with E-state index in [9.17, 15) is 9.00 Å². The lowest BCUT2D eigenvalue weighted by Gasteiger charge is -2.26. The molecule has 2 aromatic carbocycles. The molecule has 0 bridgehead atoms. The van der Waals surface area contributed by atoms with Gasteiger partial charge in [-0.15, -0.1) is 0 Å². The van der Waals surface area contributed by atoms with Crippen molar-refractivity contribution in [3.8, 4) is 5.88 Å². The molecule has 7 nitrogen and oxygen atoms in total. The van der Waals surface area contributed by atoms with Gasteiger partial charge in [0.05, 0.1) is 22.5 Å². The van der Waals surface area contributed by atoms with Gasteiger partial charge in [-0.2, -0.15) is 0 Å². The number of carbonyl (C=O) groups excluding carboxylic acids is 1. The van der Waals surface area contributed by atoms with Gasteiger partial charge < -0.3 is 14.6 Å². The molecular weight excluding hydrogens is 508 g/mol. The Bertz CT molecular complexity index is 1460. The summed E-state index contributed by atoms with van der Waals surface area (Å²) in [5, 5.41) is 3.51. The van der Waals surface area contributed by atoms with E-state index in [2.05, 4.69) is 21.8 Å². The summed E-state index contributed by atoms with van der Waals surface area (Å²) >= 11 is 5.95. The molecule has 4 rings (SSSR count). The fraction of sp³-hybridized carbons (Fsp3) is 0.321. The first-order chi connectivity index (χ1) is 17.5. The predicted octanol–water partition coefficient (Wildman–Crippen LogP) is 5.63. The smallest absolute Gasteiger partial charge is 0.228 e.